The summed E-state index contributed by atoms with van der Waals surface area (Å²) in [5, 5.41) is 6.72. The first-order valence-corrected chi connectivity index (χ1v) is 9.92. The fourth-order valence-corrected chi connectivity index (χ4v) is 3.57. The summed E-state index contributed by atoms with van der Waals surface area (Å²) in [5.74, 6) is 0.144. The highest BCUT2D eigenvalue weighted by Crippen LogP contribution is 2.30. The summed E-state index contributed by atoms with van der Waals surface area (Å²) < 4.78 is 5.15. The van der Waals surface area contributed by atoms with Crippen molar-refractivity contribution in [2.45, 2.75) is 26.2 Å². The molecule has 3 aromatic rings. The maximum Gasteiger partial charge on any atom is 0.257 e. The van der Waals surface area contributed by atoms with E-state index in [0.29, 0.717) is 28.5 Å². The van der Waals surface area contributed by atoms with Crippen molar-refractivity contribution < 1.29 is 14.1 Å². The molecule has 0 radical (unpaired) electrons. The van der Waals surface area contributed by atoms with Crippen LogP contribution in [0.4, 0.5) is 11.4 Å². The number of primary amides is 1. The number of nitrogens with zero attached hydrogens (tertiary/aromatic N) is 3. The van der Waals surface area contributed by atoms with Gasteiger partial charge in [-0.15, -0.1) is 0 Å². The van der Waals surface area contributed by atoms with E-state index in [0.717, 1.165) is 37.2 Å². The molecule has 30 heavy (non-hydrogen) atoms. The maximum absolute atomic E-state index is 12.9. The van der Waals surface area contributed by atoms with Crippen molar-refractivity contribution in [2.75, 3.05) is 23.3 Å². The molecule has 2 heterocycles. The summed E-state index contributed by atoms with van der Waals surface area (Å²) >= 11 is 0. The molecule has 0 bridgehead atoms. The normalized spacial score (nSPS) is 13.8. The van der Waals surface area contributed by atoms with Gasteiger partial charge in [-0.3, -0.25) is 9.59 Å². The molecule has 1 fully saturated rings. The third-order valence-corrected chi connectivity index (χ3v) is 5.15. The summed E-state index contributed by atoms with van der Waals surface area (Å²) in [4.78, 5) is 30.9. The Morgan fingerprint density at radius 3 is 2.37 bits per heavy atom. The van der Waals surface area contributed by atoms with Gasteiger partial charge in [0.25, 0.3) is 11.8 Å². The van der Waals surface area contributed by atoms with Gasteiger partial charge in [0.1, 0.15) is 0 Å². The predicted octanol–water partition coefficient (Wildman–Crippen LogP) is 3.39. The van der Waals surface area contributed by atoms with Crippen LogP contribution in [0, 0.1) is 6.92 Å². The summed E-state index contributed by atoms with van der Waals surface area (Å²) in [6, 6.07) is 12.1. The molecule has 1 aliphatic rings. The zero-order valence-corrected chi connectivity index (χ0v) is 16.7. The number of piperidine rings is 1. The molecule has 1 saturated heterocycles. The second-order valence-electron chi connectivity index (χ2n) is 7.32. The number of carbonyl (C=O) groups excluding carboxylic acids is 2. The molecular formula is C22H23N5O3. The van der Waals surface area contributed by atoms with E-state index < -0.39 is 5.91 Å². The first-order valence-electron chi connectivity index (χ1n) is 9.92. The highest BCUT2D eigenvalue weighted by atomic mass is 16.5. The molecule has 8 heteroatoms. The Bertz CT molecular complexity index is 1070. The van der Waals surface area contributed by atoms with E-state index in [2.05, 4.69) is 20.4 Å². The van der Waals surface area contributed by atoms with Gasteiger partial charge in [0.2, 0.25) is 5.91 Å². The van der Waals surface area contributed by atoms with Gasteiger partial charge in [-0.25, -0.2) is 0 Å². The van der Waals surface area contributed by atoms with Crippen molar-refractivity contribution in [1.82, 2.24) is 10.1 Å². The Morgan fingerprint density at radius 2 is 1.73 bits per heavy atom. The van der Waals surface area contributed by atoms with Gasteiger partial charge >= 0.3 is 0 Å². The van der Waals surface area contributed by atoms with Gasteiger partial charge in [0.05, 0.1) is 11.4 Å². The summed E-state index contributed by atoms with van der Waals surface area (Å²) in [7, 11) is 0. The molecule has 2 aromatic carbocycles. The minimum Gasteiger partial charge on any atom is -0.370 e. The van der Waals surface area contributed by atoms with Gasteiger partial charge in [0, 0.05) is 29.8 Å². The number of nitrogens with two attached hydrogens (primary N) is 1. The molecule has 154 valence electrons. The van der Waals surface area contributed by atoms with Gasteiger partial charge in [-0.2, -0.15) is 4.98 Å². The maximum atomic E-state index is 12.9. The molecule has 1 aliphatic heterocycles. The Labute approximate surface area is 174 Å². The Morgan fingerprint density at radius 1 is 1.03 bits per heavy atom. The first-order chi connectivity index (χ1) is 14.5. The lowest BCUT2D eigenvalue weighted by molar-refractivity contribution is 0.0996. The van der Waals surface area contributed by atoms with E-state index in [4.69, 9.17) is 10.3 Å². The largest absolute Gasteiger partial charge is 0.370 e. The number of amides is 2. The fraction of sp³-hybridized carbons (Fsp3) is 0.273. The Hall–Kier alpha value is -3.68. The van der Waals surface area contributed by atoms with Crippen LogP contribution >= 0.6 is 0 Å². The van der Waals surface area contributed by atoms with Crippen LogP contribution in [0.2, 0.25) is 0 Å². The lowest BCUT2D eigenvalue weighted by Gasteiger charge is -2.30. The second-order valence-corrected chi connectivity index (χ2v) is 7.32. The van der Waals surface area contributed by atoms with Crippen LogP contribution in [-0.2, 0) is 0 Å². The molecule has 0 atom stereocenters. The number of benzene rings is 2. The van der Waals surface area contributed by atoms with Crippen molar-refractivity contribution in [2.24, 2.45) is 5.73 Å². The van der Waals surface area contributed by atoms with Crippen molar-refractivity contribution in [1.29, 1.82) is 0 Å². The predicted molar refractivity (Wildman–Crippen MR) is 113 cm³/mol. The van der Waals surface area contributed by atoms with E-state index in [-0.39, 0.29) is 5.91 Å². The molecule has 3 N–H and O–H groups in total. The van der Waals surface area contributed by atoms with Crippen LogP contribution in [0.1, 0.15) is 45.8 Å². The van der Waals surface area contributed by atoms with Crippen molar-refractivity contribution >= 4 is 23.2 Å². The summed E-state index contributed by atoms with van der Waals surface area (Å²) in [6.07, 6.45) is 3.40. The molecule has 4 rings (SSSR count). The van der Waals surface area contributed by atoms with E-state index in [1.165, 1.54) is 6.42 Å². The minimum atomic E-state index is -0.533. The van der Waals surface area contributed by atoms with Crippen molar-refractivity contribution in [3.8, 4) is 11.5 Å². The van der Waals surface area contributed by atoms with Gasteiger partial charge in [0.15, 0.2) is 5.82 Å². The molecule has 1 aromatic heterocycles. The molecule has 2 amide bonds. The number of aromatic nitrogens is 2. The standard InChI is InChI=1S/C22H23N5O3/c1-14-24-22(30-26-14)16-7-5-15(6-8-16)21(29)25-18-13-17(20(23)28)9-10-19(18)27-11-3-2-4-12-27/h5-10,13H,2-4,11-12H2,1H3,(H2,23,28)(H,25,29). The number of rotatable bonds is 5. The number of hydrogen-bond donors (Lipinski definition) is 2. The lowest BCUT2D eigenvalue weighted by atomic mass is 10.1. The smallest absolute Gasteiger partial charge is 0.257 e. The SMILES string of the molecule is Cc1noc(-c2ccc(C(=O)Nc3cc(C(N)=O)ccc3N3CCCCC3)cc2)n1. The van der Waals surface area contributed by atoms with Gasteiger partial charge < -0.3 is 20.5 Å². The Kier molecular flexibility index (Phi) is 5.47. The zero-order chi connectivity index (χ0) is 21.1. The molecule has 8 nitrogen and oxygen atoms in total. The van der Waals surface area contributed by atoms with Crippen LogP contribution in [0.15, 0.2) is 47.0 Å². The van der Waals surface area contributed by atoms with E-state index in [9.17, 15) is 9.59 Å². The van der Waals surface area contributed by atoms with Crippen LogP contribution < -0.4 is 16.0 Å². The number of anilines is 2. The number of hydrogen-bond acceptors (Lipinski definition) is 6. The summed E-state index contributed by atoms with van der Waals surface area (Å²) in [5.41, 5.74) is 8.48. The van der Waals surface area contributed by atoms with Gasteiger partial charge in [-0.1, -0.05) is 5.16 Å². The second kappa shape index (κ2) is 8.36. The van der Waals surface area contributed by atoms with Crippen LogP contribution in [-0.4, -0.2) is 35.0 Å². The minimum absolute atomic E-state index is 0.275. The topological polar surface area (TPSA) is 114 Å². The van der Waals surface area contributed by atoms with E-state index in [1.54, 1.807) is 43.3 Å². The number of nitrogens with one attached hydrogen (secondary N) is 1. The average Bonchev–Trinajstić information content (AvgIpc) is 3.20. The Balaban J connectivity index is 1.58. The third kappa shape index (κ3) is 4.17. The van der Waals surface area contributed by atoms with Crippen LogP contribution in [0.5, 0.6) is 0 Å². The molecule has 0 spiro atoms. The van der Waals surface area contributed by atoms with E-state index >= 15 is 0 Å². The molecule has 0 saturated carbocycles. The van der Waals surface area contributed by atoms with Crippen molar-refractivity contribution in [3.05, 3.63) is 59.4 Å². The monoisotopic (exact) mass is 405 g/mol. The average molecular weight is 405 g/mol. The highest BCUT2D eigenvalue weighted by Gasteiger charge is 2.18. The molecule has 0 aliphatic carbocycles. The summed E-state index contributed by atoms with van der Waals surface area (Å²) in [6.45, 7) is 3.57. The third-order valence-electron chi connectivity index (χ3n) is 5.15. The van der Waals surface area contributed by atoms with E-state index in [1.807, 2.05) is 6.07 Å². The molecular weight excluding hydrogens is 382 g/mol. The first kappa shape index (κ1) is 19.6. The quantitative estimate of drug-likeness (QED) is 0.672. The molecule has 0 unspecified atom stereocenters. The number of carbonyl (C=O) groups is 2. The zero-order valence-electron chi connectivity index (χ0n) is 16.7. The van der Waals surface area contributed by atoms with Crippen molar-refractivity contribution in [3.63, 3.8) is 0 Å². The fourth-order valence-electron chi connectivity index (χ4n) is 3.57. The van der Waals surface area contributed by atoms with Crippen LogP contribution in [0.25, 0.3) is 11.5 Å². The number of aryl methyl sites for hydroxylation is 1. The highest BCUT2D eigenvalue weighted by molar-refractivity contribution is 6.07. The van der Waals surface area contributed by atoms with Crippen LogP contribution in [0.3, 0.4) is 0 Å². The van der Waals surface area contributed by atoms with Gasteiger partial charge in [-0.05, 0) is 68.7 Å². The lowest BCUT2D eigenvalue weighted by Crippen LogP contribution is -2.30.